The molecule has 0 atom stereocenters. The van der Waals surface area contributed by atoms with E-state index in [1.165, 1.54) is 58.2 Å². The topological polar surface area (TPSA) is 3.24 Å². The summed E-state index contributed by atoms with van der Waals surface area (Å²) in [5, 5.41) is 0. The van der Waals surface area contributed by atoms with Crippen LogP contribution >= 0.6 is 0 Å². The molecule has 0 aromatic rings. The van der Waals surface area contributed by atoms with Crippen LogP contribution < -0.4 is 14.1 Å². The smallest absolute Gasteiger partial charge is 1.00 e. The Kier molecular flexibility index (Phi) is 44.1. The Labute approximate surface area is 107 Å². The minimum Gasteiger partial charge on any atom is -1.00 e. The van der Waals surface area contributed by atoms with Crippen LogP contribution in [0.25, 0.3) is 0 Å². The quantitative estimate of drug-likeness (QED) is 0.370. The Morgan fingerprint density at radius 1 is 0.588 bits per heavy atom. The largest absolute Gasteiger partial charge is 3.00 e. The van der Waals surface area contributed by atoms with Gasteiger partial charge in [-0.25, -0.2) is 0 Å². The first-order chi connectivity index (χ1) is 6.35. The molecule has 0 aliphatic heterocycles. The number of nitrogens with zero attached hydrogens (tertiary/aromatic N) is 1. The molecule has 0 heterocycles. The van der Waals surface area contributed by atoms with Crippen LogP contribution in [0.5, 0.6) is 0 Å². The molecule has 0 unspecified atom stereocenters. The summed E-state index contributed by atoms with van der Waals surface area (Å²) in [6.07, 6.45) is 8.09. The number of hydrogen-bond donors (Lipinski definition) is 0. The van der Waals surface area contributed by atoms with Crippen molar-refractivity contribution in [3.8, 4) is 0 Å². The maximum absolute atomic E-state index is 2.64. The van der Waals surface area contributed by atoms with E-state index in [0.717, 1.165) is 0 Å². The van der Waals surface area contributed by atoms with Crippen molar-refractivity contribution in [3.63, 3.8) is 0 Å². The van der Waals surface area contributed by atoms with Gasteiger partial charge in [-0.15, -0.1) is 0 Å². The van der Waals surface area contributed by atoms with Gasteiger partial charge in [0.25, 0.3) is 0 Å². The van der Waals surface area contributed by atoms with E-state index in [-0.39, 0.29) is 22.5 Å². The minimum absolute atomic E-state index is 0. The fourth-order valence-corrected chi connectivity index (χ4v) is 1.48. The summed E-state index contributed by atoms with van der Waals surface area (Å²) >= 11 is 0. The van der Waals surface area contributed by atoms with Gasteiger partial charge in [0.2, 0.25) is 0 Å². The second-order valence-electron chi connectivity index (χ2n) is 3.90. The van der Waals surface area contributed by atoms with E-state index in [0.29, 0.717) is 0 Å². The zero-order valence-corrected chi connectivity index (χ0v) is 11.5. The molecule has 0 saturated carbocycles. The summed E-state index contributed by atoms with van der Waals surface area (Å²) in [5.41, 5.74) is 0. The Hall–Kier alpha value is -0.185. The number of halogens is 3. The van der Waals surface area contributed by atoms with Crippen LogP contribution in [0.2, 0.25) is 0 Å². The molecule has 17 heavy (non-hydrogen) atoms. The van der Waals surface area contributed by atoms with E-state index < -0.39 is 0 Å². The molecule has 0 aliphatic rings. The zero-order valence-electron chi connectivity index (χ0n) is 11.5. The first-order valence-electron chi connectivity index (χ1n) is 6.07. The molecular weight excluding hydrogens is 226 g/mol. The maximum Gasteiger partial charge on any atom is 3.00 e. The zero-order chi connectivity index (χ0) is 9.94. The van der Waals surface area contributed by atoms with Crippen molar-refractivity contribution in [1.29, 1.82) is 0 Å². The Balaban J connectivity index is -0.000000120. The second kappa shape index (κ2) is 24.9. The molecule has 0 radical (unpaired) electrons. The molecule has 0 rings (SSSR count). The third-order valence-electron chi connectivity index (χ3n) is 2.48. The summed E-state index contributed by atoms with van der Waals surface area (Å²) in [5.74, 6) is 0. The molecule has 0 spiro atoms. The van der Waals surface area contributed by atoms with Crippen LogP contribution in [-0.2, 0) is 0 Å². The van der Waals surface area contributed by atoms with E-state index in [2.05, 4.69) is 25.7 Å². The fourth-order valence-electron chi connectivity index (χ4n) is 1.48. The predicted octanol–water partition coefficient (Wildman–Crippen LogP) is -5.68. The van der Waals surface area contributed by atoms with E-state index in [9.17, 15) is 0 Å². The Bertz CT molecular complexity index is 88.7. The third-order valence-corrected chi connectivity index (χ3v) is 2.48. The molecule has 0 saturated heterocycles. The van der Waals surface area contributed by atoms with E-state index >= 15 is 0 Å². The summed E-state index contributed by atoms with van der Waals surface area (Å²) in [7, 11) is 0. The van der Waals surface area contributed by atoms with Crippen LogP contribution in [0.4, 0.5) is 0 Å². The second-order valence-corrected chi connectivity index (χ2v) is 3.90. The molecule has 0 fully saturated rings. The van der Waals surface area contributed by atoms with Gasteiger partial charge in [0, 0.05) is 0 Å². The maximum atomic E-state index is 2.64. The van der Waals surface area contributed by atoms with Gasteiger partial charge >= 0.3 is 8.41 Å². The molecule has 1 nitrogen and oxygen atoms in total. The number of unbranched alkanes of at least 4 members (excludes halogenated alkanes) is 3. The van der Waals surface area contributed by atoms with Gasteiger partial charge in [0.1, 0.15) is 0 Å². The van der Waals surface area contributed by atoms with Crippen molar-refractivity contribution in [3.05, 3.63) is 0 Å². The summed E-state index contributed by atoms with van der Waals surface area (Å²) in [6, 6.07) is 0. The molecule has 5 heteroatoms. The molecule has 0 N–H and O–H groups in total. The van der Waals surface area contributed by atoms with Crippen LogP contribution in [0.3, 0.4) is 0 Å². The SMILES string of the molecule is CCCCN(CCCC)CCCC.[B+3].[F-].[F-].[F-]. The average molecular weight is 253 g/mol. The van der Waals surface area contributed by atoms with Crippen molar-refractivity contribution in [2.24, 2.45) is 0 Å². The van der Waals surface area contributed by atoms with Crippen molar-refractivity contribution < 1.29 is 14.1 Å². The molecule has 104 valence electrons. The Morgan fingerprint density at radius 3 is 1.00 bits per heavy atom. The first-order valence-corrected chi connectivity index (χ1v) is 6.07. The van der Waals surface area contributed by atoms with Crippen LogP contribution in [0.15, 0.2) is 0 Å². The van der Waals surface area contributed by atoms with Gasteiger partial charge in [0.15, 0.2) is 0 Å². The van der Waals surface area contributed by atoms with Gasteiger partial charge in [-0.1, -0.05) is 40.0 Å². The minimum atomic E-state index is 0. The van der Waals surface area contributed by atoms with Crippen molar-refractivity contribution in [2.75, 3.05) is 19.6 Å². The monoisotopic (exact) mass is 253 g/mol. The molecular formula is C12H27BF3N. The van der Waals surface area contributed by atoms with E-state index in [1.54, 1.807) is 0 Å². The molecule has 0 bridgehead atoms. The van der Waals surface area contributed by atoms with Gasteiger partial charge < -0.3 is 19.0 Å². The first kappa shape index (κ1) is 30.1. The summed E-state index contributed by atoms with van der Waals surface area (Å²) in [6.45, 7) is 10.8. The summed E-state index contributed by atoms with van der Waals surface area (Å²) < 4.78 is 0. The molecule has 0 amide bonds. The van der Waals surface area contributed by atoms with Crippen LogP contribution in [-0.4, -0.2) is 32.9 Å². The molecule has 0 aromatic carbocycles. The van der Waals surface area contributed by atoms with E-state index in [1.807, 2.05) is 0 Å². The van der Waals surface area contributed by atoms with Crippen LogP contribution in [0, 0.1) is 0 Å². The molecule has 0 aliphatic carbocycles. The average Bonchev–Trinajstić information content (AvgIpc) is 2.17. The van der Waals surface area contributed by atoms with Gasteiger partial charge in [-0.2, -0.15) is 0 Å². The standard InChI is InChI=1S/C12H27N.B.3FH/c1-4-7-10-13(11-8-5-2)12-9-6-3;;;;/h4-12H2,1-3H3;;3*1H/q;+3;;;/p-3. The van der Waals surface area contributed by atoms with Crippen molar-refractivity contribution in [1.82, 2.24) is 4.90 Å². The van der Waals surface area contributed by atoms with Crippen molar-refractivity contribution >= 4 is 8.41 Å². The predicted molar refractivity (Wildman–Crippen MR) is 66.9 cm³/mol. The van der Waals surface area contributed by atoms with Crippen molar-refractivity contribution in [2.45, 2.75) is 59.3 Å². The van der Waals surface area contributed by atoms with Crippen LogP contribution in [0.1, 0.15) is 59.3 Å². The number of hydrogen-bond acceptors (Lipinski definition) is 1. The van der Waals surface area contributed by atoms with Gasteiger partial charge in [-0.05, 0) is 38.9 Å². The van der Waals surface area contributed by atoms with E-state index in [4.69, 9.17) is 0 Å². The summed E-state index contributed by atoms with van der Waals surface area (Å²) in [4.78, 5) is 2.64. The third kappa shape index (κ3) is 21.6. The normalized spacial score (nSPS) is 8.47. The Morgan fingerprint density at radius 2 is 0.824 bits per heavy atom. The van der Waals surface area contributed by atoms with Gasteiger partial charge in [0.05, 0.1) is 0 Å². The number of rotatable bonds is 9. The fraction of sp³-hybridized carbons (Fsp3) is 1.00. The molecule has 0 aromatic heterocycles. The van der Waals surface area contributed by atoms with Gasteiger partial charge in [-0.3, -0.25) is 0 Å².